The van der Waals surface area contributed by atoms with Crippen molar-refractivity contribution in [3.05, 3.63) is 58.6 Å². The van der Waals surface area contributed by atoms with Crippen molar-refractivity contribution < 1.29 is 14.3 Å². The second-order valence-electron chi connectivity index (χ2n) is 10.2. The molecule has 9 heteroatoms. The molecule has 0 atom stereocenters. The summed E-state index contributed by atoms with van der Waals surface area (Å²) < 4.78 is 5.68. The number of ether oxygens (including phenoxy) is 1. The van der Waals surface area contributed by atoms with Crippen LogP contribution < -0.4 is 15.4 Å². The minimum atomic E-state index is 0.0674. The number of benzene rings is 2. The quantitative estimate of drug-likeness (QED) is 0.172. The van der Waals surface area contributed by atoms with Crippen LogP contribution >= 0.6 is 23.4 Å². The molecular formula is C32H51ClN4O3S. The van der Waals surface area contributed by atoms with E-state index < -0.39 is 0 Å². The van der Waals surface area contributed by atoms with Crippen LogP contribution in [0.5, 0.6) is 5.75 Å². The van der Waals surface area contributed by atoms with E-state index in [2.05, 4.69) is 48.7 Å². The molecule has 2 aromatic rings. The molecule has 0 saturated heterocycles. The number of unbranched alkanes of at least 4 members (excludes halogenated alkanes) is 2. The summed E-state index contributed by atoms with van der Waals surface area (Å²) in [5, 5.41) is 6.99. The first-order chi connectivity index (χ1) is 19.7. The molecule has 230 valence electrons. The molecule has 0 bridgehead atoms. The maximum Gasteiger partial charge on any atom is 0.236 e. The number of halogens is 1. The molecule has 0 spiro atoms. The van der Waals surface area contributed by atoms with Crippen LogP contribution in [0.2, 0.25) is 5.02 Å². The number of hydrogen-bond donors (Lipinski definition) is 2. The van der Waals surface area contributed by atoms with E-state index in [0.717, 1.165) is 43.5 Å². The van der Waals surface area contributed by atoms with Crippen LogP contribution in [-0.4, -0.2) is 88.3 Å². The minimum Gasteiger partial charge on any atom is -0.492 e. The van der Waals surface area contributed by atoms with Gasteiger partial charge in [0.1, 0.15) is 5.75 Å². The standard InChI is InChI=1S/C16H25ClN2O2.C16H26N2OS/c1-4-5-11-21-14-8-6-7-13(16(14)17)9-10-18-12-15(20)19(2)3;1-4-5-11-20-15-8-6-7-14(12-15)9-10-17-13-16(19)18(2)3/h6-8,18H,4-5,9-12H2,1-3H3;6-8,12,17H,4-5,9-11,13H2,1-3H3. The van der Waals surface area contributed by atoms with E-state index in [1.165, 1.54) is 29.1 Å². The largest absolute Gasteiger partial charge is 0.492 e. The SMILES string of the molecule is CCCCOc1cccc(CCNCC(=O)N(C)C)c1Cl.CCCCSc1cccc(CCNCC(=O)N(C)C)c1. The van der Waals surface area contributed by atoms with E-state index in [4.69, 9.17) is 16.3 Å². The molecule has 0 radical (unpaired) electrons. The summed E-state index contributed by atoms with van der Waals surface area (Å²) in [5.41, 5.74) is 2.37. The highest BCUT2D eigenvalue weighted by atomic mass is 35.5. The van der Waals surface area contributed by atoms with Crippen molar-refractivity contribution in [3.8, 4) is 5.75 Å². The van der Waals surface area contributed by atoms with Gasteiger partial charge < -0.3 is 25.2 Å². The first-order valence-corrected chi connectivity index (χ1v) is 16.0. The van der Waals surface area contributed by atoms with Crippen LogP contribution in [0.4, 0.5) is 0 Å². The zero-order valence-electron chi connectivity index (χ0n) is 25.9. The Hall–Kier alpha value is -2.26. The number of carbonyl (C=O) groups is 2. The van der Waals surface area contributed by atoms with E-state index in [-0.39, 0.29) is 11.8 Å². The van der Waals surface area contributed by atoms with E-state index in [0.29, 0.717) is 31.3 Å². The van der Waals surface area contributed by atoms with Crippen LogP contribution in [0.25, 0.3) is 0 Å². The third-order valence-corrected chi connectivity index (χ3v) is 7.68. The smallest absolute Gasteiger partial charge is 0.236 e. The van der Waals surface area contributed by atoms with E-state index in [1.54, 1.807) is 38.0 Å². The lowest BCUT2D eigenvalue weighted by atomic mass is 10.1. The average Bonchev–Trinajstić information content (AvgIpc) is 2.95. The number of amides is 2. The molecule has 0 saturated carbocycles. The number of thioether (sulfide) groups is 1. The lowest BCUT2D eigenvalue weighted by molar-refractivity contribution is -0.128. The zero-order chi connectivity index (χ0) is 30.5. The maximum atomic E-state index is 11.4. The summed E-state index contributed by atoms with van der Waals surface area (Å²) in [6.45, 7) is 7.34. The van der Waals surface area contributed by atoms with E-state index >= 15 is 0 Å². The Morgan fingerprint density at radius 3 is 2.07 bits per heavy atom. The Morgan fingerprint density at radius 1 is 0.854 bits per heavy atom. The van der Waals surface area contributed by atoms with Gasteiger partial charge in [0.05, 0.1) is 24.7 Å². The first kappa shape index (κ1) is 36.8. The summed E-state index contributed by atoms with van der Waals surface area (Å²) >= 11 is 8.28. The zero-order valence-corrected chi connectivity index (χ0v) is 27.5. The normalized spacial score (nSPS) is 10.5. The Bertz CT molecular complexity index is 1020. The summed E-state index contributed by atoms with van der Waals surface area (Å²) in [4.78, 5) is 27.4. The first-order valence-electron chi connectivity index (χ1n) is 14.6. The number of nitrogens with one attached hydrogen (secondary N) is 2. The van der Waals surface area contributed by atoms with Crippen molar-refractivity contribution in [2.24, 2.45) is 0 Å². The van der Waals surface area contributed by atoms with Gasteiger partial charge in [-0.2, -0.15) is 0 Å². The topological polar surface area (TPSA) is 73.9 Å². The fraction of sp³-hybridized carbons (Fsp3) is 0.562. The molecule has 0 aliphatic rings. The Kier molecular flexibility index (Phi) is 20.0. The predicted octanol–water partition coefficient (Wildman–Crippen LogP) is 5.54. The van der Waals surface area contributed by atoms with Crippen molar-refractivity contribution in [2.45, 2.75) is 57.3 Å². The molecule has 0 heterocycles. The van der Waals surface area contributed by atoms with Gasteiger partial charge in [-0.1, -0.05) is 62.6 Å². The molecule has 0 aliphatic heterocycles. The minimum absolute atomic E-state index is 0.0674. The van der Waals surface area contributed by atoms with Gasteiger partial charge >= 0.3 is 0 Å². The molecule has 0 fully saturated rings. The summed E-state index contributed by atoms with van der Waals surface area (Å²) in [5.74, 6) is 2.12. The summed E-state index contributed by atoms with van der Waals surface area (Å²) in [6, 6.07) is 14.5. The highest BCUT2D eigenvalue weighted by Crippen LogP contribution is 2.28. The molecule has 0 aromatic heterocycles. The van der Waals surface area contributed by atoms with Gasteiger partial charge in [0, 0.05) is 33.1 Å². The van der Waals surface area contributed by atoms with Crippen LogP contribution in [0.1, 0.15) is 50.7 Å². The van der Waals surface area contributed by atoms with Crippen molar-refractivity contribution in [1.82, 2.24) is 20.4 Å². The molecule has 2 N–H and O–H groups in total. The van der Waals surface area contributed by atoms with Crippen LogP contribution in [0.3, 0.4) is 0 Å². The lowest BCUT2D eigenvalue weighted by Gasteiger charge is -2.13. The Labute approximate surface area is 257 Å². The van der Waals surface area contributed by atoms with Crippen LogP contribution in [0, 0.1) is 0 Å². The second kappa shape index (κ2) is 22.4. The molecule has 7 nitrogen and oxygen atoms in total. The molecule has 2 amide bonds. The number of carbonyl (C=O) groups excluding carboxylic acids is 2. The number of likely N-dealkylation sites (N-methyl/N-ethyl adjacent to an activating group) is 2. The highest BCUT2D eigenvalue weighted by Gasteiger charge is 2.08. The lowest BCUT2D eigenvalue weighted by Crippen LogP contribution is -2.33. The fourth-order valence-corrected chi connectivity index (χ4v) is 4.83. The fourth-order valence-electron chi connectivity index (χ4n) is 3.48. The monoisotopic (exact) mass is 606 g/mol. The second-order valence-corrected chi connectivity index (χ2v) is 11.8. The molecule has 41 heavy (non-hydrogen) atoms. The molecule has 2 aromatic carbocycles. The van der Waals surface area contributed by atoms with E-state index in [1.807, 2.05) is 30.0 Å². The molecule has 0 unspecified atom stereocenters. The van der Waals surface area contributed by atoms with Crippen LogP contribution in [-0.2, 0) is 22.4 Å². The van der Waals surface area contributed by atoms with Gasteiger partial charge in [0.2, 0.25) is 11.8 Å². The number of nitrogens with zero attached hydrogens (tertiary/aromatic N) is 2. The molecule has 2 rings (SSSR count). The Balaban J connectivity index is 0.000000410. The highest BCUT2D eigenvalue weighted by molar-refractivity contribution is 7.99. The summed E-state index contributed by atoms with van der Waals surface area (Å²) in [7, 11) is 7.05. The number of rotatable bonds is 18. The van der Waals surface area contributed by atoms with Gasteiger partial charge in [-0.25, -0.2) is 0 Å². The van der Waals surface area contributed by atoms with Crippen molar-refractivity contribution in [2.75, 3.05) is 66.7 Å². The molecular weight excluding hydrogens is 556 g/mol. The molecule has 0 aliphatic carbocycles. The predicted molar refractivity (Wildman–Crippen MR) is 174 cm³/mol. The van der Waals surface area contributed by atoms with Crippen molar-refractivity contribution in [3.63, 3.8) is 0 Å². The van der Waals surface area contributed by atoms with Gasteiger partial charge in [0.15, 0.2) is 0 Å². The maximum absolute atomic E-state index is 11.4. The van der Waals surface area contributed by atoms with Crippen molar-refractivity contribution in [1.29, 1.82) is 0 Å². The third-order valence-electron chi connectivity index (χ3n) is 6.18. The van der Waals surface area contributed by atoms with Gasteiger partial charge in [-0.15, -0.1) is 11.8 Å². The van der Waals surface area contributed by atoms with Gasteiger partial charge in [-0.3, -0.25) is 9.59 Å². The number of hydrogen-bond acceptors (Lipinski definition) is 6. The summed E-state index contributed by atoms with van der Waals surface area (Å²) in [6.07, 6.45) is 6.36. The van der Waals surface area contributed by atoms with Gasteiger partial charge in [0.25, 0.3) is 0 Å². The van der Waals surface area contributed by atoms with Crippen molar-refractivity contribution >= 4 is 35.2 Å². The third kappa shape index (κ3) is 16.7. The Morgan fingerprint density at radius 2 is 1.46 bits per heavy atom. The van der Waals surface area contributed by atoms with Crippen LogP contribution in [0.15, 0.2) is 47.4 Å². The van der Waals surface area contributed by atoms with Gasteiger partial charge in [-0.05, 0) is 73.9 Å². The van der Waals surface area contributed by atoms with E-state index in [9.17, 15) is 9.59 Å². The average molecular weight is 607 g/mol.